The quantitative estimate of drug-likeness (QED) is 0.589. The van der Waals surface area contributed by atoms with Crippen LogP contribution in [-0.2, 0) is 16.1 Å². The molecule has 1 aliphatic rings. The van der Waals surface area contributed by atoms with Crippen LogP contribution in [0.1, 0.15) is 24.5 Å². The predicted molar refractivity (Wildman–Crippen MR) is 124 cm³/mol. The number of para-hydroxylation sites is 1. The van der Waals surface area contributed by atoms with Gasteiger partial charge in [0.25, 0.3) is 5.91 Å². The first kappa shape index (κ1) is 21.4. The normalized spacial score (nSPS) is 15.0. The van der Waals surface area contributed by atoms with Crippen LogP contribution < -0.4 is 19.7 Å². The summed E-state index contributed by atoms with van der Waals surface area (Å²) in [4.78, 5) is 27.0. The summed E-state index contributed by atoms with van der Waals surface area (Å²) in [5.41, 5.74) is 3.44. The Morgan fingerprint density at radius 1 is 1.06 bits per heavy atom. The zero-order valence-electron chi connectivity index (χ0n) is 18.2. The van der Waals surface area contributed by atoms with Gasteiger partial charge >= 0.3 is 0 Å². The van der Waals surface area contributed by atoms with Gasteiger partial charge in [0.05, 0.1) is 25.3 Å². The first-order valence-electron chi connectivity index (χ1n) is 10.6. The van der Waals surface area contributed by atoms with Gasteiger partial charge in [-0.15, -0.1) is 0 Å². The first-order valence-corrected chi connectivity index (χ1v) is 10.6. The minimum atomic E-state index is -0.566. The van der Waals surface area contributed by atoms with Crippen LogP contribution in [0.15, 0.2) is 72.8 Å². The van der Waals surface area contributed by atoms with Gasteiger partial charge in [-0.25, -0.2) is 0 Å². The molecule has 32 heavy (non-hydrogen) atoms. The van der Waals surface area contributed by atoms with Crippen LogP contribution >= 0.6 is 0 Å². The van der Waals surface area contributed by atoms with E-state index in [4.69, 9.17) is 9.47 Å². The first-order chi connectivity index (χ1) is 15.5. The molecule has 1 heterocycles. The second-order valence-electron chi connectivity index (χ2n) is 7.81. The zero-order valence-corrected chi connectivity index (χ0v) is 18.2. The van der Waals surface area contributed by atoms with Crippen molar-refractivity contribution in [3.8, 4) is 11.5 Å². The Morgan fingerprint density at radius 3 is 2.56 bits per heavy atom. The number of anilines is 2. The van der Waals surface area contributed by atoms with E-state index in [1.165, 1.54) is 0 Å². The molecule has 6 nitrogen and oxygen atoms in total. The number of carbonyl (C=O) groups is 2. The Kier molecular flexibility index (Phi) is 6.40. The molecule has 0 spiro atoms. The van der Waals surface area contributed by atoms with Gasteiger partial charge in [0.1, 0.15) is 11.5 Å². The average molecular weight is 431 g/mol. The van der Waals surface area contributed by atoms with Gasteiger partial charge in [0.2, 0.25) is 5.91 Å². The van der Waals surface area contributed by atoms with E-state index in [1.54, 1.807) is 30.0 Å². The predicted octanol–water partition coefficient (Wildman–Crippen LogP) is 4.72. The van der Waals surface area contributed by atoms with Gasteiger partial charge in [-0.05, 0) is 49.7 Å². The lowest BCUT2D eigenvalue weighted by Crippen LogP contribution is -2.44. The number of nitrogens with one attached hydrogen (secondary N) is 1. The average Bonchev–Trinajstić information content (AvgIpc) is 2.79. The van der Waals surface area contributed by atoms with E-state index in [2.05, 4.69) is 5.32 Å². The molecule has 4 rings (SSSR count). The molecule has 0 fully saturated rings. The largest absolute Gasteiger partial charge is 0.493 e. The van der Waals surface area contributed by atoms with Crippen LogP contribution in [0, 0.1) is 6.92 Å². The highest BCUT2D eigenvalue weighted by atomic mass is 16.5. The van der Waals surface area contributed by atoms with Crippen molar-refractivity contribution >= 4 is 23.2 Å². The lowest BCUT2D eigenvalue weighted by molar-refractivity contribution is -0.125. The summed E-state index contributed by atoms with van der Waals surface area (Å²) in [6.45, 7) is 4.48. The van der Waals surface area contributed by atoms with Gasteiger partial charge in [0, 0.05) is 5.69 Å². The van der Waals surface area contributed by atoms with Crippen molar-refractivity contribution in [2.45, 2.75) is 32.9 Å². The number of carbonyl (C=O) groups excluding carboxylic acids is 2. The number of amides is 2. The van der Waals surface area contributed by atoms with Crippen molar-refractivity contribution in [2.24, 2.45) is 0 Å². The molecule has 0 aromatic heterocycles. The Labute approximate surface area is 187 Å². The minimum Gasteiger partial charge on any atom is -0.493 e. The zero-order chi connectivity index (χ0) is 22.5. The fourth-order valence-electron chi connectivity index (χ4n) is 3.53. The SMILES string of the molecule is Cc1ccc(CN2C(=O)C(C)Oc3ccc(NC(=O)CCOc4ccccc4)cc32)cc1. The van der Waals surface area contributed by atoms with Crippen molar-refractivity contribution in [3.63, 3.8) is 0 Å². The van der Waals surface area contributed by atoms with Crippen LogP contribution in [0.2, 0.25) is 0 Å². The van der Waals surface area contributed by atoms with E-state index in [-0.39, 0.29) is 24.8 Å². The van der Waals surface area contributed by atoms with E-state index < -0.39 is 6.10 Å². The summed E-state index contributed by atoms with van der Waals surface area (Å²) in [5.74, 6) is 1.07. The number of benzene rings is 3. The number of nitrogens with zero attached hydrogens (tertiary/aromatic N) is 1. The molecule has 2 amide bonds. The van der Waals surface area contributed by atoms with Crippen molar-refractivity contribution < 1.29 is 19.1 Å². The van der Waals surface area contributed by atoms with Crippen LogP contribution in [-0.4, -0.2) is 24.5 Å². The molecule has 6 heteroatoms. The second kappa shape index (κ2) is 9.56. The molecule has 164 valence electrons. The number of hydrogen-bond donors (Lipinski definition) is 1. The van der Waals surface area contributed by atoms with Crippen LogP contribution in [0.4, 0.5) is 11.4 Å². The summed E-state index contributed by atoms with van der Waals surface area (Å²) in [5, 5.41) is 2.88. The molecule has 3 aromatic rings. The monoisotopic (exact) mass is 430 g/mol. The summed E-state index contributed by atoms with van der Waals surface area (Å²) >= 11 is 0. The standard InChI is InChI=1S/C26H26N2O4/c1-18-8-10-20(11-9-18)17-28-23-16-21(12-13-24(23)32-19(2)26(28)30)27-25(29)14-15-31-22-6-4-3-5-7-22/h3-13,16,19H,14-15,17H2,1-2H3,(H,27,29). The maximum atomic E-state index is 12.9. The fraction of sp³-hybridized carbons (Fsp3) is 0.231. The van der Waals surface area contributed by atoms with Crippen LogP contribution in [0.5, 0.6) is 11.5 Å². The lowest BCUT2D eigenvalue weighted by Gasteiger charge is -2.33. The van der Waals surface area contributed by atoms with Gasteiger partial charge in [-0.1, -0.05) is 48.0 Å². The highest BCUT2D eigenvalue weighted by Gasteiger charge is 2.31. The molecular weight excluding hydrogens is 404 g/mol. The minimum absolute atomic E-state index is 0.113. The fourth-order valence-corrected chi connectivity index (χ4v) is 3.53. The molecule has 0 saturated carbocycles. The second-order valence-corrected chi connectivity index (χ2v) is 7.81. The molecule has 1 aliphatic heterocycles. The van der Waals surface area contributed by atoms with Gasteiger partial charge in [-0.3, -0.25) is 9.59 Å². The Hall–Kier alpha value is -3.80. The van der Waals surface area contributed by atoms with E-state index in [1.807, 2.05) is 61.5 Å². The molecule has 1 atom stereocenters. The maximum absolute atomic E-state index is 12.9. The molecule has 0 radical (unpaired) electrons. The van der Waals surface area contributed by atoms with Crippen LogP contribution in [0.3, 0.4) is 0 Å². The number of fused-ring (bicyclic) bond motifs is 1. The third kappa shape index (κ3) is 5.09. The van der Waals surface area contributed by atoms with Gasteiger partial charge in [0.15, 0.2) is 6.10 Å². The van der Waals surface area contributed by atoms with Crippen LogP contribution in [0.25, 0.3) is 0 Å². The number of rotatable bonds is 7. The Morgan fingerprint density at radius 2 is 1.81 bits per heavy atom. The number of aryl methyl sites for hydroxylation is 1. The highest BCUT2D eigenvalue weighted by Crippen LogP contribution is 2.37. The number of ether oxygens (including phenoxy) is 2. The van der Waals surface area contributed by atoms with Gasteiger partial charge < -0.3 is 19.7 Å². The lowest BCUT2D eigenvalue weighted by atomic mass is 10.1. The molecule has 0 bridgehead atoms. The van der Waals surface area contributed by atoms with Crippen molar-refractivity contribution in [1.29, 1.82) is 0 Å². The summed E-state index contributed by atoms with van der Waals surface area (Å²) in [6, 6.07) is 22.8. The maximum Gasteiger partial charge on any atom is 0.268 e. The molecule has 1 unspecified atom stereocenters. The van der Waals surface area contributed by atoms with Crippen molar-refractivity contribution in [1.82, 2.24) is 0 Å². The third-order valence-electron chi connectivity index (χ3n) is 5.25. The highest BCUT2D eigenvalue weighted by molar-refractivity contribution is 6.01. The van der Waals surface area contributed by atoms with E-state index in [0.29, 0.717) is 23.7 Å². The van der Waals surface area contributed by atoms with Crippen molar-refractivity contribution in [3.05, 3.63) is 83.9 Å². The molecule has 3 aromatic carbocycles. The van der Waals surface area contributed by atoms with Crippen molar-refractivity contribution in [2.75, 3.05) is 16.8 Å². The molecule has 0 saturated heterocycles. The summed E-state index contributed by atoms with van der Waals surface area (Å²) < 4.78 is 11.4. The molecule has 0 aliphatic carbocycles. The number of hydrogen-bond acceptors (Lipinski definition) is 4. The summed E-state index contributed by atoms with van der Waals surface area (Å²) in [6.07, 6.45) is -0.352. The van der Waals surface area contributed by atoms with E-state index >= 15 is 0 Å². The van der Waals surface area contributed by atoms with Gasteiger partial charge in [-0.2, -0.15) is 0 Å². The Bertz CT molecular complexity index is 1100. The van der Waals surface area contributed by atoms with E-state index in [0.717, 1.165) is 16.9 Å². The molecular formula is C26H26N2O4. The summed E-state index contributed by atoms with van der Waals surface area (Å²) in [7, 11) is 0. The Balaban J connectivity index is 1.45. The third-order valence-corrected chi connectivity index (χ3v) is 5.25. The van der Waals surface area contributed by atoms with E-state index in [9.17, 15) is 9.59 Å². The smallest absolute Gasteiger partial charge is 0.268 e. The topological polar surface area (TPSA) is 67.9 Å². The molecule has 1 N–H and O–H groups in total.